The lowest BCUT2D eigenvalue weighted by Crippen LogP contribution is -2.60. The highest BCUT2D eigenvalue weighted by Gasteiger charge is 2.44. The van der Waals surface area contributed by atoms with Crippen molar-refractivity contribution in [2.45, 2.75) is 38.3 Å². The molecule has 4 unspecified atom stereocenters. The van der Waals surface area contributed by atoms with Gasteiger partial charge >= 0.3 is 0 Å². The minimum absolute atomic E-state index is 0.210. The maximum atomic E-state index is 13.8. The third kappa shape index (κ3) is 4.37. The Morgan fingerprint density at radius 2 is 1.78 bits per heavy atom. The molecule has 0 spiro atoms. The van der Waals surface area contributed by atoms with Gasteiger partial charge in [0.25, 0.3) is 6.41 Å². The molecule has 0 amide bonds. The van der Waals surface area contributed by atoms with Crippen LogP contribution in [0.3, 0.4) is 0 Å². The van der Waals surface area contributed by atoms with Gasteiger partial charge < -0.3 is 29.6 Å². The first-order valence-corrected chi connectivity index (χ1v) is 8.61. The van der Waals surface area contributed by atoms with E-state index in [1.807, 2.05) is 24.3 Å². The third-order valence-electron chi connectivity index (χ3n) is 4.23. The summed E-state index contributed by atoms with van der Waals surface area (Å²) in [7, 11) is 0. The van der Waals surface area contributed by atoms with E-state index in [-0.39, 0.29) is 10.8 Å². The van der Waals surface area contributed by atoms with Gasteiger partial charge in [0.2, 0.25) is 0 Å². The Morgan fingerprint density at radius 1 is 1.11 bits per heavy atom. The molecule has 0 radical (unpaired) electrons. The number of nitrogens with zero attached hydrogens (tertiary/aromatic N) is 1. The molecule has 1 fully saturated rings. The van der Waals surface area contributed by atoms with Crippen LogP contribution < -0.4 is 9.47 Å². The molecule has 2 aromatic rings. The van der Waals surface area contributed by atoms with E-state index in [1.165, 1.54) is 5.56 Å². The molecule has 0 aliphatic carbocycles. The van der Waals surface area contributed by atoms with Crippen molar-refractivity contribution in [3.63, 3.8) is 0 Å². The molecule has 4 atom stereocenters. The number of para-hydroxylation sites is 2. The highest BCUT2D eigenvalue weighted by Crippen LogP contribution is 2.34. The summed E-state index contributed by atoms with van der Waals surface area (Å²) >= 11 is 0. The van der Waals surface area contributed by atoms with E-state index in [0.29, 0.717) is 11.5 Å². The minimum atomic E-state index is -1.98. The van der Waals surface area contributed by atoms with Crippen molar-refractivity contribution in [1.82, 2.24) is 5.06 Å². The molecule has 7 nitrogen and oxygen atoms in total. The van der Waals surface area contributed by atoms with E-state index in [0.717, 1.165) is 6.42 Å². The van der Waals surface area contributed by atoms with E-state index in [2.05, 4.69) is 6.92 Å². The van der Waals surface area contributed by atoms with E-state index < -0.39 is 31.5 Å². The lowest BCUT2D eigenvalue weighted by molar-refractivity contribution is -0.395. The summed E-state index contributed by atoms with van der Waals surface area (Å²) in [5.74, 6) is 1.14. The second kappa shape index (κ2) is 8.64. The van der Waals surface area contributed by atoms with Crippen molar-refractivity contribution in [1.29, 1.82) is 0 Å². The molecule has 3 rings (SSSR count). The highest BCUT2D eigenvalue weighted by atomic mass is 19.1. The van der Waals surface area contributed by atoms with Crippen LogP contribution in [0.1, 0.15) is 12.5 Å². The molecule has 1 aliphatic heterocycles. The number of alkyl halides is 1. The Labute approximate surface area is 156 Å². The molecular formula is C19H22FNO6. The first-order valence-electron chi connectivity index (χ1n) is 8.61. The van der Waals surface area contributed by atoms with Gasteiger partial charge in [-0.2, -0.15) is 0 Å². The fourth-order valence-electron chi connectivity index (χ4n) is 2.64. The van der Waals surface area contributed by atoms with Gasteiger partial charge in [-0.05, 0) is 36.2 Å². The monoisotopic (exact) mass is 379 g/mol. The van der Waals surface area contributed by atoms with Gasteiger partial charge in [0.15, 0.2) is 23.9 Å². The van der Waals surface area contributed by atoms with Crippen LogP contribution >= 0.6 is 0 Å². The molecule has 8 heteroatoms. The first kappa shape index (κ1) is 19.5. The molecule has 2 aromatic carbocycles. The second-order valence-electron chi connectivity index (χ2n) is 6.07. The SMILES string of the molecule is CCc1ccc(Oc2ccccc2OC2OC(CO)C(F)C(O)N2O)cc1. The van der Waals surface area contributed by atoms with Crippen molar-refractivity contribution < 1.29 is 34.0 Å². The summed E-state index contributed by atoms with van der Waals surface area (Å²) < 4.78 is 30.4. The average molecular weight is 379 g/mol. The summed E-state index contributed by atoms with van der Waals surface area (Å²) in [6.45, 7) is 1.38. The summed E-state index contributed by atoms with van der Waals surface area (Å²) in [6.07, 6.45) is -5.81. The number of ether oxygens (including phenoxy) is 3. The Hall–Kier alpha value is -2.23. The van der Waals surface area contributed by atoms with Crippen LogP contribution in [0.25, 0.3) is 0 Å². The van der Waals surface area contributed by atoms with Crippen LogP contribution in [0, 0.1) is 0 Å². The van der Waals surface area contributed by atoms with Crippen LogP contribution in [0.15, 0.2) is 48.5 Å². The van der Waals surface area contributed by atoms with Crippen molar-refractivity contribution in [2.75, 3.05) is 6.61 Å². The standard InChI is InChI=1S/C19H22FNO6/c1-2-12-7-9-13(10-8-12)25-14-5-3-4-6-15(14)26-19-21(24)18(23)17(20)16(11-22)27-19/h3-10,16-19,22-24H,2,11H2,1H3. The molecular weight excluding hydrogens is 357 g/mol. The number of aliphatic hydroxyl groups excluding tert-OH is 2. The quantitative estimate of drug-likeness (QED) is 0.710. The Bertz CT molecular complexity index is 741. The predicted octanol–water partition coefficient (Wildman–Crippen LogP) is 2.44. The van der Waals surface area contributed by atoms with Crippen molar-refractivity contribution in [3.8, 4) is 17.2 Å². The number of benzene rings is 2. The second-order valence-corrected chi connectivity index (χ2v) is 6.07. The summed E-state index contributed by atoms with van der Waals surface area (Å²) in [6, 6.07) is 14.2. The smallest absolute Gasteiger partial charge is 0.287 e. The Balaban J connectivity index is 1.77. The van der Waals surface area contributed by atoms with Crippen LogP contribution in [-0.4, -0.2) is 52.0 Å². The average Bonchev–Trinajstić information content (AvgIpc) is 2.70. The Morgan fingerprint density at radius 3 is 2.41 bits per heavy atom. The molecule has 3 N–H and O–H groups in total. The van der Waals surface area contributed by atoms with Gasteiger partial charge in [0, 0.05) is 0 Å². The molecule has 1 saturated heterocycles. The van der Waals surface area contributed by atoms with Gasteiger partial charge in [0.05, 0.1) is 6.61 Å². The lowest BCUT2D eigenvalue weighted by Gasteiger charge is -2.39. The van der Waals surface area contributed by atoms with Crippen molar-refractivity contribution in [3.05, 3.63) is 54.1 Å². The minimum Gasteiger partial charge on any atom is -0.453 e. The highest BCUT2D eigenvalue weighted by molar-refractivity contribution is 5.43. The zero-order chi connectivity index (χ0) is 19.4. The number of halogens is 1. The molecule has 0 bridgehead atoms. The molecule has 27 heavy (non-hydrogen) atoms. The fourth-order valence-corrected chi connectivity index (χ4v) is 2.64. The number of aryl methyl sites for hydroxylation is 1. The van der Waals surface area contributed by atoms with E-state index in [9.17, 15) is 19.8 Å². The van der Waals surface area contributed by atoms with E-state index >= 15 is 0 Å². The van der Waals surface area contributed by atoms with Gasteiger partial charge in [-0.25, -0.2) is 4.39 Å². The van der Waals surface area contributed by atoms with Gasteiger partial charge in [0.1, 0.15) is 11.9 Å². The van der Waals surface area contributed by atoms with Crippen molar-refractivity contribution >= 4 is 0 Å². The molecule has 1 heterocycles. The maximum absolute atomic E-state index is 13.8. The topological polar surface area (TPSA) is 91.6 Å². The molecule has 146 valence electrons. The fraction of sp³-hybridized carbons (Fsp3) is 0.368. The molecule has 1 aliphatic rings. The van der Waals surface area contributed by atoms with E-state index in [1.54, 1.807) is 24.3 Å². The van der Waals surface area contributed by atoms with Gasteiger partial charge in [-0.3, -0.25) is 0 Å². The summed E-state index contributed by atoms with van der Waals surface area (Å²) in [5, 5.41) is 29.0. The molecule has 0 aromatic heterocycles. The van der Waals surface area contributed by atoms with Crippen LogP contribution in [0.2, 0.25) is 0 Å². The van der Waals surface area contributed by atoms with Crippen LogP contribution in [0.5, 0.6) is 17.2 Å². The number of rotatable bonds is 6. The number of hydroxylamine groups is 2. The predicted molar refractivity (Wildman–Crippen MR) is 93.2 cm³/mol. The summed E-state index contributed by atoms with van der Waals surface area (Å²) in [4.78, 5) is 0. The summed E-state index contributed by atoms with van der Waals surface area (Å²) in [5.41, 5.74) is 1.17. The number of aliphatic hydroxyl groups is 2. The maximum Gasteiger partial charge on any atom is 0.287 e. The van der Waals surface area contributed by atoms with Gasteiger partial charge in [-0.1, -0.05) is 36.3 Å². The number of hydrogen-bond donors (Lipinski definition) is 3. The van der Waals surface area contributed by atoms with Crippen molar-refractivity contribution in [2.24, 2.45) is 0 Å². The lowest BCUT2D eigenvalue weighted by atomic mass is 10.2. The zero-order valence-corrected chi connectivity index (χ0v) is 14.7. The van der Waals surface area contributed by atoms with Crippen LogP contribution in [-0.2, 0) is 11.2 Å². The largest absolute Gasteiger partial charge is 0.453 e. The molecule has 0 saturated carbocycles. The van der Waals surface area contributed by atoms with Crippen LogP contribution in [0.4, 0.5) is 4.39 Å². The van der Waals surface area contributed by atoms with Gasteiger partial charge in [-0.15, -0.1) is 0 Å². The third-order valence-corrected chi connectivity index (χ3v) is 4.23. The normalized spacial score (nSPS) is 26.0. The zero-order valence-electron chi connectivity index (χ0n) is 14.7. The van der Waals surface area contributed by atoms with E-state index in [4.69, 9.17) is 14.2 Å². The Kier molecular flexibility index (Phi) is 6.25. The number of hydrogen-bond acceptors (Lipinski definition) is 7. The first-order chi connectivity index (χ1) is 13.0.